The molecule has 0 unspecified atom stereocenters. The van der Waals surface area contributed by atoms with Gasteiger partial charge in [-0.1, -0.05) is 30.3 Å². The van der Waals surface area contributed by atoms with Crippen molar-refractivity contribution >= 4 is 11.5 Å². The lowest BCUT2D eigenvalue weighted by molar-refractivity contribution is 0.568. The van der Waals surface area contributed by atoms with Crippen molar-refractivity contribution in [3.05, 3.63) is 35.9 Å². The Balaban J connectivity index is 2.37. The van der Waals surface area contributed by atoms with E-state index in [4.69, 9.17) is 5.73 Å². The Morgan fingerprint density at radius 1 is 1.25 bits per heavy atom. The number of benzene rings is 1. The van der Waals surface area contributed by atoms with Crippen molar-refractivity contribution in [1.82, 2.24) is 5.32 Å². The highest BCUT2D eigenvalue weighted by Crippen LogP contribution is 2.15. The van der Waals surface area contributed by atoms with Crippen LogP contribution in [-0.4, -0.2) is 25.6 Å². The van der Waals surface area contributed by atoms with Crippen LogP contribution in [0.5, 0.6) is 0 Å². The van der Waals surface area contributed by atoms with Crippen LogP contribution in [0.2, 0.25) is 0 Å². The molecule has 0 spiro atoms. The molecule has 0 atom stereocenters. The van der Waals surface area contributed by atoms with Crippen LogP contribution < -0.4 is 11.1 Å². The fourth-order valence-corrected chi connectivity index (χ4v) is 1.51. The van der Waals surface area contributed by atoms with Crippen molar-refractivity contribution in [1.29, 1.82) is 0 Å². The molecule has 0 aliphatic heterocycles. The quantitative estimate of drug-likeness (QED) is 0.534. The third-order valence-corrected chi connectivity index (χ3v) is 2.35. The number of nitrogens with one attached hydrogen (secondary N) is 1. The number of allylic oxidation sites excluding steroid dienone is 1. The highest BCUT2D eigenvalue weighted by atomic mass is 16.1. The summed E-state index contributed by atoms with van der Waals surface area (Å²) in [5, 5.41) is 3.20. The zero-order valence-corrected chi connectivity index (χ0v) is 9.41. The van der Waals surface area contributed by atoms with Crippen molar-refractivity contribution < 1.29 is 4.79 Å². The monoisotopic (exact) mass is 218 g/mol. The lowest BCUT2D eigenvalue weighted by Gasteiger charge is -2.04. The number of hydrogen-bond donors (Lipinski definition) is 2. The molecule has 0 amide bonds. The van der Waals surface area contributed by atoms with Crippen molar-refractivity contribution in [2.75, 3.05) is 19.6 Å². The average Bonchev–Trinajstić information content (AvgIpc) is 2.35. The Labute approximate surface area is 96.3 Å². The highest BCUT2D eigenvalue weighted by Gasteiger charge is 2.01. The maximum atomic E-state index is 10.8. The van der Waals surface area contributed by atoms with E-state index >= 15 is 0 Å². The topological polar surface area (TPSA) is 55.1 Å². The summed E-state index contributed by atoms with van der Waals surface area (Å²) in [6.45, 7) is 2.36. The second kappa shape index (κ2) is 7.83. The summed E-state index contributed by atoms with van der Waals surface area (Å²) in [7, 11) is 0. The van der Waals surface area contributed by atoms with Crippen molar-refractivity contribution in [2.45, 2.75) is 12.8 Å². The highest BCUT2D eigenvalue weighted by molar-refractivity contribution is 5.87. The number of hydrogen-bond acceptors (Lipinski definition) is 3. The molecule has 0 aliphatic carbocycles. The van der Waals surface area contributed by atoms with Crippen LogP contribution in [0.3, 0.4) is 0 Å². The first kappa shape index (κ1) is 12.7. The Kier molecular flexibility index (Phi) is 6.19. The van der Waals surface area contributed by atoms with Crippen LogP contribution in [0.25, 0.3) is 5.57 Å². The molecular formula is C13H18N2O. The van der Waals surface area contributed by atoms with E-state index in [1.54, 1.807) is 0 Å². The maximum Gasteiger partial charge on any atom is 0.128 e. The van der Waals surface area contributed by atoms with Crippen molar-refractivity contribution in [2.24, 2.45) is 5.73 Å². The van der Waals surface area contributed by atoms with E-state index in [-0.39, 0.29) is 0 Å². The molecule has 86 valence electrons. The summed E-state index contributed by atoms with van der Waals surface area (Å²) >= 11 is 0. The smallest absolute Gasteiger partial charge is 0.128 e. The molecule has 0 bridgehead atoms. The number of rotatable bonds is 7. The molecular weight excluding hydrogens is 200 g/mol. The van der Waals surface area contributed by atoms with E-state index in [0.29, 0.717) is 6.54 Å². The second-order valence-corrected chi connectivity index (χ2v) is 3.59. The van der Waals surface area contributed by atoms with Gasteiger partial charge in [-0.2, -0.15) is 0 Å². The predicted molar refractivity (Wildman–Crippen MR) is 66.7 cm³/mol. The first-order valence-corrected chi connectivity index (χ1v) is 5.58. The molecule has 0 radical (unpaired) electrons. The number of nitrogens with two attached hydrogens (primary N) is 1. The minimum atomic E-state index is 0.648. The lowest BCUT2D eigenvalue weighted by Crippen LogP contribution is -2.23. The van der Waals surface area contributed by atoms with Crippen LogP contribution >= 0.6 is 0 Å². The maximum absolute atomic E-state index is 10.8. The average molecular weight is 218 g/mol. The first-order chi connectivity index (χ1) is 7.88. The van der Waals surface area contributed by atoms with Gasteiger partial charge in [-0.15, -0.1) is 0 Å². The summed E-state index contributed by atoms with van der Waals surface area (Å²) in [6, 6.07) is 9.68. The van der Waals surface area contributed by atoms with Gasteiger partial charge in [0.2, 0.25) is 0 Å². The molecule has 1 aromatic rings. The normalized spacial score (nSPS) is 9.81. The fraction of sp³-hybridized carbons (Fsp3) is 0.385. The van der Waals surface area contributed by atoms with Gasteiger partial charge in [0.05, 0.1) is 0 Å². The molecule has 16 heavy (non-hydrogen) atoms. The second-order valence-electron chi connectivity index (χ2n) is 3.59. The predicted octanol–water partition coefficient (Wildman–Crippen LogP) is 1.23. The van der Waals surface area contributed by atoms with Gasteiger partial charge in [0, 0.05) is 18.7 Å². The Morgan fingerprint density at radius 2 is 2.00 bits per heavy atom. The first-order valence-electron chi connectivity index (χ1n) is 5.58. The summed E-state index contributed by atoms with van der Waals surface area (Å²) in [6.07, 6.45) is 1.69. The lowest BCUT2D eigenvalue weighted by atomic mass is 10.0. The van der Waals surface area contributed by atoms with Gasteiger partial charge in [-0.05, 0) is 24.9 Å². The van der Waals surface area contributed by atoms with Gasteiger partial charge in [-0.25, -0.2) is 4.79 Å². The van der Waals surface area contributed by atoms with Crippen LogP contribution in [-0.2, 0) is 4.79 Å². The van der Waals surface area contributed by atoms with Gasteiger partial charge >= 0.3 is 0 Å². The fourth-order valence-electron chi connectivity index (χ4n) is 1.51. The van der Waals surface area contributed by atoms with E-state index in [1.165, 1.54) is 0 Å². The van der Waals surface area contributed by atoms with Crippen LogP contribution in [0, 0.1) is 0 Å². The molecule has 0 saturated carbocycles. The minimum absolute atomic E-state index is 0.648. The zero-order chi connectivity index (χ0) is 11.6. The molecule has 1 aromatic carbocycles. The molecule has 1 rings (SSSR count). The minimum Gasteiger partial charge on any atom is -0.329 e. The SMILES string of the molecule is NCCNCCCC(=C=O)c1ccccc1. The summed E-state index contributed by atoms with van der Waals surface area (Å²) in [5.41, 5.74) is 7.07. The summed E-state index contributed by atoms with van der Waals surface area (Å²) < 4.78 is 0. The molecule has 3 nitrogen and oxygen atoms in total. The van der Waals surface area contributed by atoms with E-state index in [2.05, 4.69) is 5.32 Å². The van der Waals surface area contributed by atoms with E-state index in [9.17, 15) is 4.79 Å². The number of carbonyl (C=O) groups excluding carboxylic acids is 1. The van der Waals surface area contributed by atoms with Crippen molar-refractivity contribution in [3.63, 3.8) is 0 Å². The summed E-state index contributed by atoms with van der Waals surface area (Å²) in [4.78, 5) is 10.8. The Hall–Kier alpha value is -1.41. The zero-order valence-electron chi connectivity index (χ0n) is 9.41. The molecule has 0 saturated heterocycles. The van der Waals surface area contributed by atoms with E-state index in [1.807, 2.05) is 36.3 Å². The van der Waals surface area contributed by atoms with Gasteiger partial charge < -0.3 is 11.1 Å². The van der Waals surface area contributed by atoms with Gasteiger partial charge in [0.15, 0.2) is 0 Å². The molecule has 3 N–H and O–H groups in total. The third kappa shape index (κ3) is 4.41. The van der Waals surface area contributed by atoms with E-state index in [0.717, 1.165) is 37.1 Å². The molecule has 0 heterocycles. The Morgan fingerprint density at radius 3 is 2.62 bits per heavy atom. The van der Waals surface area contributed by atoms with Crippen LogP contribution in [0.15, 0.2) is 30.3 Å². The Bertz CT molecular complexity index is 342. The van der Waals surface area contributed by atoms with E-state index < -0.39 is 0 Å². The summed E-state index contributed by atoms with van der Waals surface area (Å²) in [5.74, 6) is 2.02. The third-order valence-electron chi connectivity index (χ3n) is 2.35. The van der Waals surface area contributed by atoms with Crippen LogP contribution in [0.1, 0.15) is 18.4 Å². The van der Waals surface area contributed by atoms with Gasteiger partial charge in [0.1, 0.15) is 5.94 Å². The molecule has 0 fully saturated rings. The molecule has 0 aliphatic rings. The molecule has 3 heteroatoms. The van der Waals surface area contributed by atoms with Gasteiger partial charge in [0.25, 0.3) is 0 Å². The van der Waals surface area contributed by atoms with Crippen LogP contribution in [0.4, 0.5) is 0 Å². The largest absolute Gasteiger partial charge is 0.329 e. The van der Waals surface area contributed by atoms with Gasteiger partial charge in [-0.3, -0.25) is 0 Å². The molecule has 0 aromatic heterocycles. The van der Waals surface area contributed by atoms with Crippen molar-refractivity contribution in [3.8, 4) is 0 Å². The standard InChI is InChI=1S/C13H18N2O/c14-8-10-15-9-4-7-13(11-16)12-5-2-1-3-6-12/h1-3,5-6,15H,4,7-10,14H2.